The number of aromatic nitrogens is 2. The van der Waals surface area contributed by atoms with Crippen LogP contribution >= 0.6 is 0 Å². The van der Waals surface area contributed by atoms with Gasteiger partial charge in [0.1, 0.15) is 5.82 Å². The van der Waals surface area contributed by atoms with Crippen molar-refractivity contribution >= 4 is 28.5 Å². The molecule has 2 aromatic rings. The Kier molecular flexibility index (Phi) is 3.98. The van der Waals surface area contributed by atoms with E-state index in [1.807, 2.05) is 23.1 Å². The lowest BCUT2D eigenvalue weighted by molar-refractivity contribution is -0.132. The number of imidazole rings is 1. The SMILES string of the molecule is CC(=O)N1CCC(C(=O)Nc2ccc3c(c2)nc(C2CC2)n3C)CC1. The lowest BCUT2D eigenvalue weighted by atomic mass is 9.96. The second kappa shape index (κ2) is 6.17. The molecule has 6 heteroatoms. The van der Waals surface area contributed by atoms with Gasteiger partial charge in [0.15, 0.2) is 0 Å². The number of rotatable bonds is 3. The predicted molar refractivity (Wildman–Crippen MR) is 96.3 cm³/mol. The summed E-state index contributed by atoms with van der Waals surface area (Å²) < 4.78 is 2.16. The van der Waals surface area contributed by atoms with Crippen LogP contribution in [0.3, 0.4) is 0 Å². The van der Waals surface area contributed by atoms with Crippen LogP contribution in [-0.2, 0) is 16.6 Å². The monoisotopic (exact) mass is 340 g/mol. The van der Waals surface area contributed by atoms with Gasteiger partial charge in [-0.25, -0.2) is 4.98 Å². The van der Waals surface area contributed by atoms with Gasteiger partial charge in [-0.05, 0) is 43.9 Å². The van der Waals surface area contributed by atoms with Gasteiger partial charge in [-0.1, -0.05) is 0 Å². The number of nitrogens with zero attached hydrogens (tertiary/aromatic N) is 3. The number of carbonyl (C=O) groups excluding carboxylic acids is 2. The number of piperidine rings is 1. The molecule has 1 N–H and O–H groups in total. The Morgan fingerprint density at radius 2 is 1.88 bits per heavy atom. The first-order valence-electron chi connectivity index (χ1n) is 9.05. The molecule has 1 aliphatic heterocycles. The van der Waals surface area contributed by atoms with Crippen molar-refractivity contribution in [1.29, 1.82) is 0 Å². The lowest BCUT2D eigenvalue weighted by Gasteiger charge is -2.30. The number of amides is 2. The highest BCUT2D eigenvalue weighted by molar-refractivity contribution is 5.94. The molecule has 25 heavy (non-hydrogen) atoms. The molecule has 0 unspecified atom stereocenters. The van der Waals surface area contributed by atoms with Crippen molar-refractivity contribution in [3.05, 3.63) is 24.0 Å². The summed E-state index contributed by atoms with van der Waals surface area (Å²) in [5.41, 5.74) is 2.84. The molecule has 2 fully saturated rings. The average Bonchev–Trinajstić information content (AvgIpc) is 3.39. The zero-order valence-corrected chi connectivity index (χ0v) is 14.8. The Morgan fingerprint density at radius 3 is 2.52 bits per heavy atom. The molecular weight excluding hydrogens is 316 g/mol. The van der Waals surface area contributed by atoms with Crippen molar-refractivity contribution < 1.29 is 9.59 Å². The summed E-state index contributed by atoms with van der Waals surface area (Å²) in [7, 11) is 2.06. The number of hydrogen-bond acceptors (Lipinski definition) is 3. The fourth-order valence-electron chi connectivity index (χ4n) is 3.70. The summed E-state index contributed by atoms with van der Waals surface area (Å²) in [5.74, 6) is 1.85. The summed E-state index contributed by atoms with van der Waals surface area (Å²) >= 11 is 0. The number of fused-ring (bicyclic) bond motifs is 1. The largest absolute Gasteiger partial charge is 0.343 e. The summed E-state index contributed by atoms with van der Waals surface area (Å²) in [4.78, 5) is 30.5. The van der Waals surface area contributed by atoms with Crippen molar-refractivity contribution in [2.45, 2.75) is 38.5 Å². The number of likely N-dealkylation sites (tertiary alicyclic amines) is 1. The first-order chi connectivity index (χ1) is 12.0. The molecule has 2 amide bonds. The third kappa shape index (κ3) is 3.13. The summed E-state index contributed by atoms with van der Waals surface area (Å²) in [6.45, 7) is 2.91. The maximum atomic E-state index is 12.5. The molecule has 1 aromatic heterocycles. The number of nitrogens with one attached hydrogen (secondary N) is 1. The van der Waals surface area contributed by atoms with E-state index in [2.05, 4.69) is 16.9 Å². The Balaban J connectivity index is 1.45. The van der Waals surface area contributed by atoms with E-state index < -0.39 is 0 Å². The topological polar surface area (TPSA) is 67.2 Å². The fraction of sp³-hybridized carbons (Fsp3) is 0.526. The van der Waals surface area contributed by atoms with Crippen LogP contribution in [0.15, 0.2) is 18.2 Å². The minimum Gasteiger partial charge on any atom is -0.343 e. The lowest BCUT2D eigenvalue weighted by Crippen LogP contribution is -2.40. The van der Waals surface area contributed by atoms with E-state index in [0.29, 0.717) is 19.0 Å². The van der Waals surface area contributed by atoms with Crippen molar-refractivity contribution in [3.63, 3.8) is 0 Å². The van der Waals surface area contributed by atoms with E-state index >= 15 is 0 Å². The summed E-state index contributed by atoms with van der Waals surface area (Å²) in [5, 5.41) is 3.03. The number of aryl methyl sites for hydroxylation is 1. The molecule has 6 nitrogen and oxygen atoms in total. The van der Waals surface area contributed by atoms with Crippen molar-refractivity contribution in [1.82, 2.24) is 14.5 Å². The van der Waals surface area contributed by atoms with Gasteiger partial charge in [0.05, 0.1) is 11.0 Å². The van der Waals surface area contributed by atoms with E-state index in [1.165, 1.54) is 12.8 Å². The van der Waals surface area contributed by atoms with Crippen LogP contribution in [0.1, 0.15) is 44.3 Å². The Labute approximate surface area is 147 Å². The third-order valence-corrected chi connectivity index (χ3v) is 5.44. The Bertz CT molecular complexity index is 829. The molecule has 2 aliphatic rings. The van der Waals surface area contributed by atoms with Gasteiger partial charge in [0.2, 0.25) is 11.8 Å². The van der Waals surface area contributed by atoms with Crippen LogP contribution in [-0.4, -0.2) is 39.4 Å². The molecule has 1 saturated carbocycles. The first kappa shape index (κ1) is 16.1. The first-order valence-corrected chi connectivity index (χ1v) is 9.05. The van der Waals surface area contributed by atoms with E-state index in [0.717, 1.165) is 35.4 Å². The van der Waals surface area contributed by atoms with Gasteiger partial charge in [0, 0.05) is 44.6 Å². The zero-order valence-electron chi connectivity index (χ0n) is 14.8. The average molecular weight is 340 g/mol. The molecule has 0 bridgehead atoms. The number of anilines is 1. The Hall–Kier alpha value is -2.37. The molecule has 132 valence electrons. The van der Waals surface area contributed by atoms with Gasteiger partial charge in [-0.2, -0.15) is 0 Å². The third-order valence-electron chi connectivity index (χ3n) is 5.44. The smallest absolute Gasteiger partial charge is 0.227 e. The van der Waals surface area contributed by atoms with E-state index in [9.17, 15) is 9.59 Å². The van der Waals surface area contributed by atoms with Gasteiger partial charge >= 0.3 is 0 Å². The van der Waals surface area contributed by atoms with Crippen LogP contribution < -0.4 is 5.32 Å². The second-order valence-corrected chi connectivity index (χ2v) is 7.28. The number of benzene rings is 1. The molecular formula is C19H24N4O2. The highest BCUT2D eigenvalue weighted by Gasteiger charge is 2.29. The molecule has 1 aromatic carbocycles. The van der Waals surface area contributed by atoms with Crippen LogP contribution in [0.4, 0.5) is 5.69 Å². The van der Waals surface area contributed by atoms with Crippen LogP contribution in [0.5, 0.6) is 0 Å². The van der Waals surface area contributed by atoms with E-state index in [-0.39, 0.29) is 17.7 Å². The predicted octanol–water partition coefficient (Wildman–Crippen LogP) is 2.65. The molecule has 1 aliphatic carbocycles. The molecule has 1 saturated heterocycles. The standard InChI is InChI=1S/C19H24N4O2/c1-12(24)23-9-7-14(8-10-23)19(25)20-15-5-6-17-16(11-15)21-18(22(17)2)13-3-4-13/h5-6,11,13-14H,3-4,7-10H2,1-2H3,(H,20,25). The minimum absolute atomic E-state index is 0.0305. The number of carbonyl (C=O) groups is 2. The number of hydrogen-bond donors (Lipinski definition) is 1. The summed E-state index contributed by atoms with van der Waals surface area (Å²) in [6.07, 6.45) is 3.89. The van der Waals surface area contributed by atoms with Crippen molar-refractivity contribution in [2.75, 3.05) is 18.4 Å². The van der Waals surface area contributed by atoms with Crippen molar-refractivity contribution in [3.8, 4) is 0 Å². The summed E-state index contributed by atoms with van der Waals surface area (Å²) in [6, 6.07) is 5.94. The molecule has 2 heterocycles. The minimum atomic E-state index is -0.0305. The highest BCUT2D eigenvalue weighted by atomic mass is 16.2. The quantitative estimate of drug-likeness (QED) is 0.934. The van der Waals surface area contributed by atoms with Gasteiger partial charge in [0.25, 0.3) is 0 Å². The molecule has 0 spiro atoms. The maximum Gasteiger partial charge on any atom is 0.227 e. The molecule has 0 radical (unpaired) electrons. The zero-order chi connectivity index (χ0) is 17.6. The van der Waals surface area contributed by atoms with Gasteiger partial charge in [-0.3, -0.25) is 9.59 Å². The fourth-order valence-corrected chi connectivity index (χ4v) is 3.70. The van der Waals surface area contributed by atoms with Gasteiger partial charge < -0.3 is 14.8 Å². The maximum absolute atomic E-state index is 12.5. The normalized spacial score (nSPS) is 18.6. The van der Waals surface area contributed by atoms with Crippen LogP contribution in [0.25, 0.3) is 11.0 Å². The van der Waals surface area contributed by atoms with Crippen LogP contribution in [0.2, 0.25) is 0 Å². The van der Waals surface area contributed by atoms with Crippen LogP contribution in [0, 0.1) is 5.92 Å². The second-order valence-electron chi connectivity index (χ2n) is 7.28. The van der Waals surface area contributed by atoms with E-state index in [4.69, 9.17) is 4.98 Å². The van der Waals surface area contributed by atoms with Gasteiger partial charge in [-0.15, -0.1) is 0 Å². The van der Waals surface area contributed by atoms with E-state index in [1.54, 1.807) is 6.92 Å². The Morgan fingerprint density at radius 1 is 1.16 bits per heavy atom. The highest BCUT2D eigenvalue weighted by Crippen LogP contribution is 2.40. The molecule has 4 rings (SSSR count). The van der Waals surface area contributed by atoms with Crippen molar-refractivity contribution in [2.24, 2.45) is 13.0 Å². The molecule has 0 atom stereocenters.